The second kappa shape index (κ2) is 7.84. The molecular formula is C13H19N3O3S. The van der Waals surface area contributed by atoms with Crippen molar-refractivity contribution in [2.24, 2.45) is 0 Å². The van der Waals surface area contributed by atoms with E-state index in [9.17, 15) is 9.59 Å². The van der Waals surface area contributed by atoms with Crippen molar-refractivity contribution < 1.29 is 14.7 Å². The number of carboxylic acids is 1. The maximum Gasteiger partial charge on any atom is 0.303 e. The van der Waals surface area contributed by atoms with E-state index in [-0.39, 0.29) is 18.1 Å². The van der Waals surface area contributed by atoms with Gasteiger partial charge in [-0.05, 0) is 26.3 Å². The number of aliphatic carboxylic acids is 1. The fourth-order valence-corrected chi connectivity index (χ4v) is 2.48. The molecule has 0 aromatic carbocycles. The molecule has 20 heavy (non-hydrogen) atoms. The summed E-state index contributed by atoms with van der Waals surface area (Å²) in [4.78, 5) is 32.3. The van der Waals surface area contributed by atoms with E-state index < -0.39 is 5.97 Å². The Bertz CT molecular complexity index is 473. The molecule has 1 aromatic heterocycles. The Morgan fingerprint density at radius 1 is 1.30 bits per heavy atom. The van der Waals surface area contributed by atoms with Crippen molar-refractivity contribution in [2.75, 3.05) is 19.3 Å². The molecule has 1 rings (SSSR count). The van der Waals surface area contributed by atoms with Crippen LogP contribution in [0.4, 0.5) is 0 Å². The molecule has 0 unspecified atom stereocenters. The van der Waals surface area contributed by atoms with Gasteiger partial charge in [0.15, 0.2) is 5.16 Å². The van der Waals surface area contributed by atoms with Gasteiger partial charge >= 0.3 is 5.97 Å². The zero-order valence-corrected chi connectivity index (χ0v) is 12.7. The van der Waals surface area contributed by atoms with Gasteiger partial charge in [-0.15, -0.1) is 0 Å². The van der Waals surface area contributed by atoms with E-state index in [1.165, 1.54) is 11.8 Å². The van der Waals surface area contributed by atoms with Crippen molar-refractivity contribution in [3.8, 4) is 0 Å². The number of carbonyl (C=O) groups excluding carboxylic acids is 1. The first kappa shape index (κ1) is 16.4. The normalized spacial score (nSPS) is 10.3. The van der Waals surface area contributed by atoms with Crippen molar-refractivity contribution in [3.63, 3.8) is 0 Å². The maximum atomic E-state index is 11.9. The molecule has 0 fully saturated rings. The number of aromatic nitrogens is 2. The van der Waals surface area contributed by atoms with Crippen LogP contribution in [0.1, 0.15) is 24.2 Å². The average Bonchev–Trinajstić information content (AvgIpc) is 2.34. The Morgan fingerprint density at radius 2 is 1.90 bits per heavy atom. The quantitative estimate of drug-likeness (QED) is 0.606. The third-order valence-electron chi connectivity index (χ3n) is 2.60. The van der Waals surface area contributed by atoms with E-state index in [1.54, 1.807) is 11.9 Å². The summed E-state index contributed by atoms with van der Waals surface area (Å²) in [7, 11) is 1.67. The fourth-order valence-electron chi connectivity index (χ4n) is 1.59. The molecule has 0 spiro atoms. The lowest BCUT2D eigenvalue weighted by atomic mass is 10.3. The molecule has 110 valence electrons. The van der Waals surface area contributed by atoms with E-state index in [1.807, 2.05) is 19.9 Å². The number of thioether (sulfide) groups is 1. The molecule has 0 aliphatic rings. The minimum atomic E-state index is -0.844. The number of hydrogen-bond acceptors (Lipinski definition) is 5. The van der Waals surface area contributed by atoms with Crippen molar-refractivity contribution in [3.05, 3.63) is 17.5 Å². The third-order valence-corrected chi connectivity index (χ3v) is 3.43. The van der Waals surface area contributed by atoms with E-state index in [2.05, 4.69) is 9.97 Å². The molecule has 1 aromatic rings. The number of nitrogens with zero attached hydrogens (tertiary/aromatic N) is 3. The van der Waals surface area contributed by atoms with Crippen molar-refractivity contribution in [2.45, 2.75) is 31.8 Å². The Hall–Kier alpha value is -1.63. The first-order chi connectivity index (χ1) is 9.38. The zero-order chi connectivity index (χ0) is 15.1. The van der Waals surface area contributed by atoms with Gasteiger partial charge in [-0.2, -0.15) is 0 Å². The number of amides is 1. The Labute approximate surface area is 122 Å². The minimum Gasteiger partial charge on any atom is -0.481 e. The zero-order valence-electron chi connectivity index (χ0n) is 11.9. The largest absolute Gasteiger partial charge is 0.481 e. The Morgan fingerprint density at radius 3 is 2.45 bits per heavy atom. The first-order valence-corrected chi connectivity index (χ1v) is 7.28. The van der Waals surface area contributed by atoms with Crippen LogP contribution in [0.15, 0.2) is 11.2 Å². The highest BCUT2D eigenvalue weighted by Gasteiger charge is 2.11. The van der Waals surface area contributed by atoms with Gasteiger partial charge in [-0.1, -0.05) is 11.8 Å². The Balaban J connectivity index is 2.40. The SMILES string of the molecule is Cc1cc(C)nc(SCC(=O)N(C)CCCC(=O)O)n1. The van der Waals surface area contributed by atoms with Gasteiger partial charge in [0, 0.05) is 31.4 Å². The van der Waals surface area contributed by atoms with Gasteiger partial charge in [-0.3, -0.25) is 9.59 Å². The topological polar surface area (TPSA) is 83.4 Å². The van der Waals surface area contributed by atoms with Crippen LogP contribution in [0, 0.1) is 13.8 Å². The monoisotopic (exact) mass is 297 g/mol. The predicted molar refractivity (Wildman–Crippen MR) is 76.7 cm³/mol. The fraction of sp³-hybridized carbons (Fsp3) is 0.538. The first-order valence-electron chi connectivity index (χ1n) is 6.29. The standard InChI is InChI=1S/C13H19N3O3S/c1-9-7-10(2)15-13(14-9)20-8-11(17)16(3)6-4-5-12(18)19/h7H,4-6,8H2,1-3H3,(H,18,19). The molecule has 0 atom stereocenters. The molecule has 1 N–H and O–H groups in total. The van der Waals surface area contributed by atoms with Crippen molar-refractivity contribution in [1.82, 2.24) is 14.9 Å². The van der Waals surface area contributed by atoms with Crippen LogP contribution in [0.2, 0.25) is 0 Å². The maximum absolute atomic E-state index is 11.9. The second-order valence-corrected chi connectivity index (χ2v) is 5.48. The van der Waals surface area contributed by atoms with Gasteiger partial charge in [0.25, 0.3) is 0 Å². The van der Waals surface area contributed by atoms with Crippen LogP contribution >= 0.6 is 11.8 Å². The van der Waals surface area contributed by atoms with Crippen LogP contribution in [0.25, 0.3) is 0 Å². The lowest BCUT2D eigenvalue weighted by Crippen LogP contribution is -2.29. The lowest BCUT2D eigenvalue weighted by molar-refractivity contribution is -0.137. The van der Waals surface area contributed by atoms with Gasteiger partial charge < -0.3 is 10.0 Å². The molecule has 0 aliphatic carbocycles. The molecule has 7 heteroatoms. The molecule has 0 radical (unpaired) electrons. The minimum absolute atomic E-state index is 0.0526. The van der Waals surface area contributed by atoms with Crippen LogP contribution in [-0.4, -0.2) is 51.2 Å². The van der Waals surface area contributed by atoms with E-state index in [0.29, 0.717) is 18.1 Å². The number of aryl methyl sites for hydroxylation is 2. The highest BCUT2D eigenvalue weighted by Crippen LogP contribution is 2.14. The highest BCUT2D eigenvalue weighted by atomic mass is 32.2. The molecule has 1 heterocycles. The predicted octanol–water partition coefficient (Wildman–Crippen LogP) is 1.51. The number of carboxylic acid groups (broad SMARTS) is 1. The summed E-state index contributed by atoms with van der Waals surface area (Å²) in [5.41, 5.74) is 1.75. The third kappa shape index (κ3) is 6.01. The summed E-state index contributed by atoms with van der Waals surface area (Å²) in [5.74, 6) is -0.640. The molecule has 6 nitrogen and oxygen atoms in total. The summed E-state index contributed by atoms with van der Waals surface area (Å²) >= 11 is 1.30. The van der Waals surface area contributed by atoms with Gasteiger partial charge in [-0.25, -0.2) is 9.97 Å². The number of hydrogen-bond donors (Lipinski definition) is 1. The second-order valence-electron chi connectivity index (χ2n) is 4.53. The van der Waals surface area contributed by atoms with Crippen molar-refractivity contribution >= 4 is 23.6 Å². The summed E-state index contributed by atoms with van der Waals surface area (Å²) in [6, 6.07) is 1.88. The smallest absolute Gasteiger partial charge is 0.303 e. The van der Waals surface area contributed by atoms with Gasteiger partial charge in [0.2, 0.25) is 5.91 Å². The van der Waals surface area contributed by atoms with Crippen LogP contribution in [0.5, 0.6) is 0 Å². The van der Waals surface area contributed by atoms with E-state index in [4.69, 9.17) is 5.11 Å². The summed E-state index contributed by atoms with van der Waals surface area (Å²) in [5, 5.41) is 9.14. The molecular weight excluding hydrogens is 278 g/mol. The molecule has 0 bridgehead atoms. The van der Waals surface area contributed by atoms with Crippen LogP contribution in [-0.2, 0) is 9.59 Å². The lowest BCUT2D eigenvalue weighted by Gasteiger charge is -2.16. The summed E-state index contributed by atoms with van der Waals surface area (Å²) in [6.45, 7) is 4.22. The summed E-state index contributed by atoms with van der Waals surface area (Å²) < 4.78 is 0. The van der Waals surface area contributed by atoms with E-state index in [0.717, 1.165) is 11.4 Å². The van der Waals surface area contributed by atoms with Crippen LogP contribution < -0.4 is 0 Å². The van der Waals surface area contributed by atoms with E-state index >= 15 is 0 Å². The number of carbonyl (C=O) groups is 2. The Kier molecular flexibility index (Phi) is 6.44. The molecule has 1 amide bonds. The summed E-state index contributed by atoms with van der Waals surface area (Å²) in [6.07, 6.45) is 0.535. The molecule has 0 saturated carbocycles. The van der Waals surface area contributed by atoms with Gasteiger partial charge in [0.1, 0.15) is 0 Å². The van der Waals surface area contributed by atoms with Crippen molar-refractivity contribution in [1.29, 1.82) is 0 Å². The molecule has 0 saturated heterocycles. The highest BCUT2D eigenvalue weighted by molar-refractivity contribution is 7.99. The molecule has 0 aliphatic heterocycles. The number of rotatable bonds is 7. The van der Waals surface area contributed by atoms with Gasteiger partial charge in [0.05, 0.1) is 5.75 Å². The van der Waals surface area contributed by atoms with Crippen LogP contribution in [0.3, 0.4) is 0 Å². The average molecular weight is 297 g/mol.